The zero-order chi connectivity index (χ0) is 12.3. The standard InChI is InChI=1S/C12H13FN2O2/c13-9-3-5-10(6-4-9)14-11(16)8-15-7-1-2-12(15)17/h3-6H,1-2,7-8H2,(H,14,16). The largest absolute Gasteiger partial charge is 0.333 e. The third-order valence-corrected chi connectivity index (χ3v) is 2.63. The summed E-state index contributed by atoms with van der Waals surface area (Å²) in [7, 11) is 0. The summed E-state index contributed by atoms with van der Waals surface area (Å²) in [5, 5.41) is 2.62. The number of benzene rings is 1. The fraction of sp³-hybridized carbons (Fsp3) is 0.333. The Balaban J connectivity index is 1.88. The van der Waals surface area contributed by atoms with Crippen molar-refractivity contribution in [3.05, 3.63) is 30.1 Å². The number of likely N-dealkylation sites (tertiary alicyclic amines) is 1. The highest BCUT2D eigenvalue weighted by Gasteiger charge is 2.22. The van der Waals surface area contributed by atoms with E-state index in [1.165, 1.54) is 29.2 Å². The number of rotatable bonds is 3. The Morgan fingerprint density at radius 1 is 1.35 bits per heavy atom. The summed E-state index contributed by atoms with van der Waals surface area (Å²) < 4.78 is 12.6. The van der Waals surface area contributed by atoms with Crippen molar-refractivity contribution in [2.45, 2.75) is 12.8 Å². The molecule has 0 saturated carbocycles. The first kappa shape index (κ1) is 11.6. The van der Waals surface area contributed by atoms with Gasteiger partial charge in [-0.15, -0.1) is 0 Å². The summed E-state index contributed by atoms with van der Waals surface area (Å²) in [6.07, 6.45) is 1.33. The number of amides is 2. The first-order valence-corrected chi connectivity index (χ1v) is 5.48. The molecule has 17 heavy (non-hydrogen) atoms. The van der Waals surface area contributed by atoms with Gasteiger partial charge < -0.3 is 10.2 Å². The van der Waals surface area contributed by atoms with E-state index in [0.717, 1.165) is 6.42 Å². The first-order chi connectivity index (χ1) is 8.15. The van der Waals surface area contributed by atoms with Crippen LogP contribution in [0.4, 0.5) is 10.1 Å². The highest BCUT2D eigenvalue weighted by molar-refractivity contribution is 5.94. The minimum absolute atomic E-state index is 0.0132. The highest BCUT2D eigenvalue weighted by Crippen LogP contribution is 2.11. The van der Waals surface area contributed by atoms with Crippen molar-refractivity contribution < 1.29 is 14.0 Å². The third kappa shape index (κ3) is 3.03. The van der Waals surface area contributed by atoms with Gasteiger partial charge in [-0.2, -0.15) is 0 Å². The Kier molecular flexibility index (Phi) is 3.37. The molecule has 5 heteroatoms. The Labute approximate surface area is 98.4 Å². The molecule has 0 bridgehead atoms. The maximum Gasteiger partial charge on any atom is 0.243 e. The topological polar surface area (TPSA) is 49.4 Å². The van der Waals surface area contributed by atoms with E-state index in [0.29, 0.717) is 18.7 Å². The molecule has 4 nitrogen and oxygen atoms in total. The molecule has 2 amide bonds. The Morgan fingerprint density at radius 2 is 2.06 bits per heavy atom. The molecule has 1 aliphatic heterocycles. The highest BCUT2D eigenvalue weighted by atomic mass is 19.1. The normalized spacial score (nSPS) is 15.1. The number of halogens is 1. The lowest BCUT2D eigenvalue weighted by Gasteiger charge is -2.14. The van der Waals surface area contributed by atoms with E-state index >= 15 is 0 Å². The van der Waals surface area contributed by atoms with Crippen molar-refractivity contribution in [3.8, 4) is 0 Å². The molecule has 1 aromatic carbocycles. The molecule has 0 atom stereocenters. The maximum atomic E-state index is 12.6. The molecule has 1 N–H and O–H groups in total. The van der Waals surface area contributed by atoms with Crippen LogP contribution in [0.25, 0.3) is 0 Å². The minimum atomic E-state index is -0.349. The van der Waals surface area contributed by atoms with Crippen molar-refractivity contribution in [2.75, 3.05) is 18.4 Å². The molecule has 0 radical (unpaired) electrons. The fourth-order valence-corrected chi connectivity index (χ4v) is 1.78. The third-order valence-electron chi connectivity index (χ3n) is 2.63. The van der Waals surface area contributed by atoms with Gasteiger partial charge in [0, 0.05) is 18.7 Å². The van der Waals surface area contributed by atoms with Gasteiger partial charge in [-0.3, -0.25) is 9.59 Å². The first-order valence-electron chi connectivity index (χ1n) is 5.48. The Morgan fingerprint density at radius 3 is 2.65 bits per heavy atom. The van der Waals surface area contributed by atoms with Crippen molar-refractivity contribution in [3.63, 3.8) is 0 Å². The summed E-state index contributed by atoms with van der Waals surface area (Å²) in [6.45, 7) is 0.700. The summed E-state index contributed by atoms with van der Waals surface area (Å²) >= 11 is 0. The van der Waals surface area contributed by atoms with Crippen LogP contribution in [0, 0.1) is 5.82 Å². The average molecular weight is 236 g/mol. The second kappa shape index (κ2) is 4.95. The Hall–Kier alpha value is -1.91. The lowest BCUT2D eigenvalue weighted by Crippen LogP contribution is -2.33. The monoisotopic (exact) mass is 236 g/mol. The lowest BCUT2D eigenvalue weighted by atomic mass is 10.3. The van der Waals surface area contributed by atoms with Crippen LogP contribution in [0.15, 0.2) is 24.3 Å². The summed E-state index contributed by atoms with van der Waals surface area (Å²) in [5.41, 5.74) is 0.531. The van der Waals surface area contributed by atoms with Gasteiger partial charge in [0.1, 0.15) is 5.82 Å². The van der Waals surface area contributed by atoms with Crippen LogP contribution >= 0.6 is 0 Å². The van der Waals surface area contributed by atoms with Crippen LogP contribution in [0.1, 0.15) is 12.8 Å². The minimum Gasteiger partial charge on any atom is -0.333 e. The van der Waals surface area contributed by atoms with Crippen LogP contribution in [0.2, 0.25) is 0 Å². The van der Waals surface area contributed by atoms with Crippen molar-refractivity contribution in [1.29, 1.82) is 0 Å². The summed E-state index contributed by atoms with van der Waals surface area (Å²) in [5.74, 6) is -0.594. The van der Waals surface area contributed by atoms with Gasteiger partial charge in [0.15, 0.2) is 0 Å². The van der Waals surface area contributed by atoms with Crippen molar-refractivity contribution in [2.24, 2.45) is 0 Å². The number of nitrogens with zero attached hydrogens (tertiary/aromatic N) is 1. The van der Waals surface area contributed by atoms with Crippen LogP contribution in [0.3, 0.4) is 0 Å². The Bertz CT molecular complexity index is 431. The zero-order valence-electron chi connectivity index (χ0n) is 9.28. The van der Waals surface area contributed by atoms with Crippen LogP contribution in [0.5, 0.6) is 0 Å². The van der Waals surface area contributed by atoms with E-state index < -0.39 is 0 Å². The van der Waals surface area contributed by atoms with Gasteiger partial charge in [0.05, 0.1) is 6.54 Å². The number of nitrogens with one attached hydrogen (secondary N) is 1. The molecular formula is C12H13FN2O2. The average Bonchev–Trinajstić information content (AvgIpc) is 2.68. The predicted octanol–water partition coefficient (Wildman–Crippen LogP) is 1.39. The van der Waals surface area contributed by atoms with Gasteiger partial charge >= 0.3 is 0 Å². The van der Waals surface area contributed by atoms with Gasteiger partial charge in [-0.1, -0.05) is 0 Å². The van der Waals surface area contributed by atoms with E-state index in [2.05, 4.69) is 5.32 Å². The van der Waals surface area contributed by atoms with E-state index in [-0.39, 0.29) is 24.2 Å². The number of hydrogen-bond acceptors (Lipinski definition) is 2. The second-order valence-electron chi connectivity index (χ2n) is 3.97. The van der Waals surface area contributed by atoms with Gasteiger partial charge in [-0.05, 0) is 30.7 Å². The van der Waals surface area contributed by atoms with Gasteiger partial charge in [0.2, 0.25) is 11.8 Å². The summed E-state index contributed by atoms with van der Waals surface area (Å²) in [6, 6.07) is 5.52. The number of carbonyl (C=O) groups is 2. The fourth-order valence-electron chi connectivity index (χ4n) is 1.78. The SMILES string of the molecule is O=C(CN1CCCC1=O)Nc1ccc(F)cc1. The predicted molar refractivity (Wildman–Crippen MR) is 60.8 cm³/mol. The van der Waals surface area contributed by atoms with Gasteiger partial charge in [0.25, 0.3) is 0 Å². The van der Waals surface area contributed by atoms with Crippen LogP contribution < -0.4 is 5.32 Å². The molecule has 2 rings (SSSR count). The van der Waals surface area contributed by atoms with E-state index in [1.807, 2.05) is 0 Å². The quantitative estimate of drug-likeness (QED) is 0.862. The number of hydrogen-bond donors (Lipinski definition) is 1. The van der Waals surface area contributed by atoms with Crippen LogP contribution in [-0.4, -0.2) is 29.8 Å². The molecule has 1 aromatic rings. The smallest absolute Gasteiger partial charge is 0.243 e. The molecule has 90 valence electrons. The van der Waals surface area contributed by atoms with Crippen LogP contribution in [-0.2, 0) is 9.59 Å². The molecular weight excluding hydrogens is 223 g/mol. The lowest BCUT2D eigenvalue weighted by molar-refractivity contribution is -0.131. The van der Waals surface area contributed by atoms with E-state index in [4.69, 9.17) is 0 Å². The molecule has 1 heterocycles. The molecule has 0 aliphatic carbocycles. The molecule has 0 unspecified atom stereocenters. The molecule has 1 fully saturated rings. The molecule has 1 saturated heterocycles. The summed E-state index contributed by atoms with van der Waals surface area (Å²) in [4.78, 5) is 24.4. The zero-order valence-corrected chi connectivity index (χ0v) is 9.28. The second-order valence-corrected chi connectivity index (χ2v) is 3.97. The maximum absolute atomic E-state index is 12.6. The van der Waals surface area contributed by atoms with Crippen molar-refractivity contribution in [1.82, 2.24) is 4.90 Å². The van der Waals surface area contributed by atoms with E-state index in [9.17, 15) is 14.0 Å². The molecule has 1 aliphatic rings. The molecule has 0 aromatic heterocycles. The van der Waals surface area contributed by atoms with Gasteiger partial charge in [-0.25, -0.2) is 4.39 Å². The van der Waals surface area contributed by atoms with E-state index in [1.54, 1.807) is 0 Å². The van der Waals surface area contributed by atoms with Crippen molar-refractivity contribution >= 4 is 17.5 Å². The number of anilines is 1. The number of carbonyl (C=O) groups excluding carboxylic acids is 2. The molecule has 0 spiro atoms.